The Labute approximate surface area is 133 Å². The second-order valence-electron chi connectivity index (χ2n) is 7.34. The second-order valence-corrected chi connectivity index (χ2v) is 7.34. The van der Waals surface area contributed by atoms with Crippen molar-refractivity contribution in [1.29, 1.82) is 0 Å². The fourth-order valence-corrected chi connectivity index (χ4v) is 2.95. The largest absolute Gasteiger partial charge is 0.507 e. The van der Waals surface area contributed by atoms with Gasteiger partial charge in [-0.05, 0) is 48.4 Å². The number of phenolic OH excluding ortho intramolecular Hbond substituents is 2. The van der Waals surface area contributed by atoms with Gasteiger partial charge in [0.15, 0.2) is 0 Å². The minimum atomic E-state index is -0.116. The average molecular weight is 298 g/mol. The summed E-state index contributed by atoms with van der Waals surface area (Å²) in [6.45, 7) is 12.3. The number of hydrogen-bond acceptors (Lipinski definition) is 2. The van der Waals surface area contributed by atoms with Crippen molar-refractivity contribution in [3.8, 4) is 11.5 Å². The van der Waals surface area contributed by atoms with Crippen LogP contribution in [0.2, 0.25) is 0 Å². The maximum absolute atomic E-state index is 10.7. The van der Waals surface area contributed by atoms with E-state index in [1.807, 2.05) is 45.0 Å². The lowest BCUT2D eigenvalue weighted by Crippen LogP contribution is -2.12. The first-order chi connectivity index (χ1) is 10.1. The molecule has 0 saturated heterocycles. The van der Waals surface area contributed by atoms with Gasteiger partial charge < -0.3 is 10.2 Å². The number of aromatic hydroxyl groups is 2. The van der Waals surface area contributed by atoms with Crippen molar-refractivity contribution in [2.45, 2.75) is 53.4 Å². The SMILES string of the molecule is Cc1cc(C)c(O)c(Cc2cc(C)cc(C(C)(C)C)c2O)c1. The zero-order valence-corrected chi connectivity index (χ0v) is 14.4. The van der Waals surface area contributed by atoms with Crippen LogP contribution >= 0.6 is 0 Å². The summed E-state index contributed by atoms with van der Waals surface area (Å²) < 4.78 is 0. The van der Waals surface area contributed by atoms with E-state index in [2.05, 4.69) is 20.8 Å². The number of aryl methyl sites for hydroxylation is 3. The van der Waals surface area contributed by atoms with Crippen LogP contribution in [0.5, 0.6) is 11.5 Å². The Morgan fingerprint density at radius 3 is 1.82 bits per heavy atom. The third-order valence-electron chi connectivity index (χ3n) is 4.05. The maximum Gasteiger partial charge on any atom is 0.122 e. The molecule has 0 bridgehead atoms. The van der Waals surface area contributed by atoms with Crippen molar-refractivity contribution >= 4 is 0 Å². The van der Waals surface area contributed by atoms with Crippen LogP contribution in [0, 0.1) is 20.8 Å². The van der Waals surface area contributed by atoms with Gasteiger partial charge in [0.2, 0.25) is 0 Å². The molecule has 0 aliphatic carbocycles. The fraction of sp³-hybridized carbons (Fsp3) is 0.400. The van der Waals surface area contributed by atoms with Crippen LogP contribution in [-0.2, 0) is 11.8 Å². The number of benzene rings is 2. The molecule has 22 heavy (non-hydrogen) atoms. The van der Waals surface area contributed by atoms with Gasteiger partial charge in [-0.25, -0.2) is 0 Å². The van der Waals surface area contributed by atoms with E-state index in [4.69, 9.17) is 0 Å². The molecular formula is C20H26O2. The van der Waals surface area contributed by atoms with Gasteiger partial charge in [0.1, 0.15) is 11.5 Å². The quantitative estimate of drug-likeness (QED) is 0.827. The van der Waals surface area contributed by atoms with E-state index in [0.717, 1.165) is 33.4 Å². The lowest BCUT2D eigenvalue weighted by Gasteiger charge is -2.23. The summed E-state index contributed by atoms with van der Waals surface area (Å²) in [5.41, 5.74) is 5.68. The van der Waals surface area contributed by atoms with Gasteiger partial charge in [0.05, 0.1) is 0 Å². The summed E-state index contributed by atoms with van der Waals surface area (Å²) in [6.07, 6.45) is 0.533. The van der Waals surface area contributed by atoms with Crippen molar-refractivity contribution in [3.63, 3.8) is 0 Å². The first-order valence-corrected chi connectivity index (χ1v) is 7.71. The number of hydrogen-bond donors (Lipinski definition) is 2. The molecule has 2 aromatic rings. The average Bonchev–Trinajstić information content (AvgIpc) is 2.37. The van der Waals surface area contributed by atoms with E-state index in [-0.39, 0.29) is 5.41 Å². The van der Waals surface area contributed by atoms with E-state index >= 15 is 0 Å². The summed E-state index contributed by atoms with van der Waals surface area (Å²) in [4.78, 5) is 0. The van der Waals surface area contributed by atoms with Gasteiger partial charge in [-0.3, -0.25) is 0 Å². The van der Waals surface area contributed by atoms with Gasteiger partial charge in [-0.15, -0.1) is 0 Å². The third-order valence-corrected chi connectivity index (χ3v) is 4.05. The highest BCUT2D eigenvalue weighted by atomic mass is 16.3. The van der Waals surface area contributed by atoms with E-state index in [1.54, 1.807) is 0 Å². The van der Waals surface area contributed by atoms with Crippen molar-refractivity contribution in [1.82, 2.24) is 0 Å². The molecule has 2 aromatic carbocycles. The molecule has 0 spiro atoms. The molecule has 118 valence electrons. The van der Waals surface area contributed by atoms with Crippen molar-refractivity contribution in [2.24, 2.45) is 0 Å². The van der Waals surface area contributed by atoms with E-state index in [9.17, 15) is 10.2 Å². The van der Waals surface area contributed by atoms with Gasteiger partial charge >= 0.3 is 0 Å². The molecule has 0 heterocycles. The Bertz CT molecular complexity index is 707. The van der Waals surface area contributed by atoms with Crippen molar-refractivity contribution in [2.75, 3.05) is 0 Å². The van der Waals surface area contributed by atoms with E-state index in [0.29, 0.717) is 17.9 Å². The summed E-state index contributed by atoms with van der Waals surface area (Å²) in [5.74, 6) is 0.667. The Hall–Kier alpha value is -1.96. The minimum absolute atomic E-state index is 0.116. The fourth-order valence-electron chi connectivity index (χ4n) is 2.95. The lowest BCUT2D eigenvalue weighted by atomic mass is 9.83. The molecule has 0 amide bonds. The highest BCUT2D eigenvalue weighted by Crippen LogP contribution is 2.36. The smallest absolute Gasteiger partial charge is 0.122 e. The summed E-state index contributed by atoms with van der Waals surface area (Å²) in [7, 11) is 0. The van der Waals surface area contributed by atoms with Gasteiger partial charge in [-0.2, -0.15) is 0 Å². The van der Waals surface area contributed by atoms with Crippen LogP contribution < -0.4 is 0 Å². The zero-order valence-electron chi connectivity index (χ0n) is 14.4. The summed E-state index contributed by atoms with van der Waals surface area (Å²) in [5, 5.41) is 20.9. The molecule has 2 N–H and O–H groups in total. The number of rotatable bonds is 2. The van der Waals surface area contributed by atoms with E-state index < -0.39 is 0 Å². The van der Waals surface area contributed by atoms with Gasteiger partial charge in [-0.1, -0.05) is 56.2 Å². The molecule has 0 fully saturated rings. The first kappa shape index (κ1) is 16.4. The Kier molecular flexibility index (Phi) is 4.23. The van der Waals surface area contributed by atoms with Crippen molar-refractivity contribution in [3.05, 3.63) is 57.6 Å². The molecule has 0 atom stereocenters. The van der Waals surface area contributed by atoms with Crippen LogP contribution in [-0.4, -0.2) is 10.2 Å². The highest BCUT2D eigenvalue weighted by molar-refractivity contribution is 5.51. The third kappa shape index (κ3) is 3.27. The first-order valence-electron chi connectivity index (χ1n) is 7.71. The lowest BCUT2D eigenvalue weighted by molar-refractivity contribution is 0.439. The predicted octanol–water partition coefficient (Wildman–Crippen LogP) is 4.91. The predicted molar refractivity (Wildman–Crippen MR) is 91.9 cm³/mol. The Balaban J connectivity index is 2.54. The molecule has 0 unspecified atom stereocenters. The maximum atomic E-state index is 10.7. The Morgan fingerprint density at radius 1 is 0.773 bits per heavy atom. The van der Waals surface area contributed by atoms with Crippen LogP contribution in [0.4, 0.5) is 0 Å². The molecule has 0 aliphatic heterocycles. The van der Waals surface area contributed by atoms with E-state index in [1.165, 1.54) is 0 Å². The summed E-state index contributed by atoms with van der Waals surface area (Å²) in [6, 6.07) is 8.00. The normalized spacial score (nSPS) is 11.7. The monoisotopic (exact) mass is 298 g/mol. The second kappa shape index (κ2) is 5.68. The van der Waals surface area contributed by atoms with Crippen molar-refractivity contribution < 1.29 is 10.2 Å². The molecule has 0 saturated carbocycles. The topological polar surface area (TPSA) is 40.5 Å². The molecule has 2 nitrogen and oxygen atoms in total. The van der Waals surface area contributed by atoms with Gasteiger partial charge in [0.25, 0.3) is 0 Å². The molecule has 2 rings (SSSR count). The van der Waals surface area contributed by atoms with Crippen LogP contribution in [0.15, 0.2) is 24.3 Å². The molecule has 0 aliphatic rings. The molecule has 2 heteroatoms. The Morgan fingerprint density at radius 2 is 1.27 bits per heavy atom. The minimum Gasteiger partial charge on any atom is -0.507 e. The highest BCUT2D eigenvalue weighted by Gasteiger charge is 2.21. The molecule has 0 aromatic heterocycles. The van der Waals surface area contributed by atoms with Crippen LogP contribution in [0.3, 0.4) is 0 Å². The van der Waals surface area contributed by atoms with Crippen LogP contribution in [0.25, 0.3) is 0 Å². The zero-order chi connectivity index (χ0) is 16.7. The molecular weight excluding hydrogens is 272 g/mol. The summed E-state index contributed by atoms with van der Waals surface area (Å²) >= 11 is 0. The van der Waals surface area contributed by atoms with Gasteiger partial charge in [0, 0.05) is 6.42 Å². The standard InChI is InChI=1S/C20H26O2/c1-12-7-14(3)18(21)15(8-12)11-16-9-13(2)10-17(19(16)22)20(4,5)6/h7-10,21-22H,11H2,1-6H3. The molecule has 0 radical (unpaired) electrons. The van der Waals surface area contributed by atoms with Crippen LogP contribution in [0.1, 0.15) is 54.2 Å². The number of phenols is 2.